The number of hydrogen-bond donors (Lipinski definition) is 1. The summed E-state index contributed by atoms with van der Waals surface area (Å²) in [6.45, 7) is 0. The molecule has 0 aliphatic carbocycles. The lowest BCUT2D eigenvalue weighted by atomic mass is 10.1. The Bertz CT molecular complexity index is 702. The lowest BCUT2D eigenvalue weighted by molar-refractivity contribution is -0.115. The monoisotopic (exact) mass is 284 g/mol. The van der Waals surface area contributed by atoms with Crippen molar-refractivity contribution < 1.29 is 14.3 Å². The molecule has 0 aliphatic rings. The molecule has 0 aliphatic heterocycles. The van der Waals surface area contributed by atoms with Gasteiger partial charge in [-0.05, 0) is 24.3 Å². The van der Waals surface area contributed by atoms with E-state index in [2.05, 4.69) is 15.2 Å². The van der Waals surface area contributed by atoms with Crippen LogP contribution in [0, 0.1) is 11.3 Å². The summed E-state index contributed by atoms with van der Waals surface area (Å²) in [4.78, 5) is 23.2. The molecule has 2 aromatic rings. The Balaban J connectivity index is 2.43. The van der Waals surface area contributed by atoms with E-state index < -0.39 is 11.9 Å². The van der Waals surface area contributed by atoms with Crippen molar-refractivity contribution >= 4 is 17.6 Å². The Hall–Kier alpha value is -3.14. The summed E-state index contributed by atoms with van der Waals surface area (Å²) in [5, 5.41) is 15.2. The molecule has 0 unspecified atom stereocenters. The number of methoxy groups -OCH3 is 1. The van der Waals surface area contributed by atoms with Crippen LogP contribution in [0.1, 0.15) is 16.8 Å². The number of anilines is 1. The molecular formula is C14H12N4O3. The number of nitrogens with one attached hydrogen (secondary N) is 1. The average Bonchev–Trinajstić information content (AvgIpc) is 3.00. The van der Waals surface area contributed by atoms with E-state index in [1.54, 1.807) is 41.3 Å². The molecule has 1 aromatic carbocycles. The van der Waals surface area contributed by atoms with Crippen molar-refractivity contribution in [1.29, 1.82) is 5.26 Å². The van der Waals surface area contributed by atoms with Crippen LogP contribution in [0.3, 0.4) is 0 Å². The van der Waals surface area contributed by atoms with Gasteiger partial charge in [0.1, 0.15) is 6.42 Å². The van der Waals surface area contributed by atoms with E-state index >= 15 is 0 Å². The highest BCUT2D eigenvalue weighted by Gasteiger charge is 2.13. The van der Waals surface area contributed by atoms with Crippen LogP contribution in [0.2, 0.25) is 0 Å². The van der Waals surface area contributed by atoms with E-state index in [-0.39, 0.29) is 6.42 Å². The molecule has 0 atom stereocenters. The molecule has 1 N–H and O–H groups in total. The van der Waals surface area contributed by atoms with Crippen LogP contribution in [0.5, 0.6) is 0 Å². The molecule has 1 heterocycles. The second-order valence-corrected chi connectivity index (χ2v) is 4.06. The fourth-order valence-electron chi connectivity index (χ4n) is 1.76. The molecule has 0 bridgehead atoms. The van der Waals surface area contributed by atoms with Gasteiger partial charge in [-0.3, -0.25) is 4.79 Å². The fourth-order valence-corrected chi connectivity index (χ4v) is 1.76. The minimum Gasteiger partial charge on any atom is -0.465 e. The normalized spacial score (nSPS) is 9.71. The highest BCUT2D eigenvalue weighted by atomic mass is 16.5. The van der Waals surface area contributed by atoms with Gasteiger partial charge in [-0.1, -0.05) is 0 Å². The Kier molecular flexibility index (Phi) is 4.31. The van der Waals surface area contributed by atoms with Crippen molar-refractivity contribution in [2.24, 2.45) is 0 Å². The highest BCUT2D eigenvalue weighted by Crippen LogP contribution is 2.22. The van der Waals surface area contributed by atoms with E-state index in [0.717, 1.165) is 0 Å². The molecule has 0 saturated heterocycles. The van der Waals surface area contributed by atoms with Gasteiger partial charge in [0.15, 0.2) is 0 Å². The third-order valence-corrected chi connectivity index (χ3v) is 2.68. The van der Waals surface area contributed by atoms with Crippen molar-refractivity contribution in [2.45, 2.75) is 6.42 Å². The minimum absolute atomic E-state index is 0.277. The van der Waals surface area contributed by atoms with Gasteiger partial charge in [0.2, 0.25) is 5.91 Å². The zero-order valence-corrected chi connectivity index (χ0v) is 11.2. The molecule has 106 valence electrons. The van der Waals surface area contributed by atoms with E-state index in [1.807, 2.05) is 0 Å². The Morgan fingerprint density at radius 1 is 1.48 bits per heavy atom. The van der Waals surface area contributed by atoms with Crippen molar-refractivity contribution in [1.82, 2.24) is 9.78 Å². The quantitative estimate of drug-likeness (QED) is 0.858. The highest BCUT2D eigenvalue weighted by molar-refractivity contribution is 5.97. The number of aromatic nitrogens is 2. The second kappa shape index (κ2) is 6.34. The number of nitrogens with zero attached hydrogens (tertiary/aromatic N) is 3. The summed E-state index contributed by atoms with van der Waals surface area (Å²) in [7, 11) is 1.28. The average molecular weight is 284 g/mol. The number of ether oxygens (including phenoxy) is 1. The maximum Gasteiger partial charge on any atom is 0.337 e. The van der Waals surface area contributed by atoms with Crippen LogP contribution in [-0.4, -0.2) is 28.8 Å². The molecule has 7 nitrogen and oxygen atoms in total. The van der Waals surface area contributed by atoms with Crippen LogP contribution in [0.15, 0.2) is 36.7 Å². The van der Waals surface area contributed by atoms with Crippen LogP contribution in [-0.2, 0) is 9.53 Å². The lowest BCUT2D eigenvalue weighted by Crippen LogP contribution is -2.14. The number of hydrogen-bond acceptors (Lipinski definition) is 5. The number of esters is 1. The van der Waals surface area contributed by atoms with Crippen LogP contribution in [0.4, 0.5) is 5.69 Å². The van der Waals surface area contributed by atoms with Crippen LogP contribution >= 0.6 is 0 Å². The first kappa shape index (κ1) is 14.3. The zero-order valence-electron chi connectivity index (χ0n) is 11.2. The SMILES string of the molecule is COC(=O)c1ccc(-n2cccn2)c(NC(=O)CC#N)c1. The predicted molar refractivity (Wildman–Crippen MR) is 73.8 cm³/mol. The number of rotatable bonds is 4. The maximum absolute atomic E-state index is 11.6. The summed E-state index contributed by atoms with van der Waals surface area (Å²) >= 11 is 0. The van der Waals surface area contributed by atoms with Gasteiger partial charge in [0.05, 0.1) is 30.1 Å². The molecular weight excluding hydrogens is 272 g/mol. The standard InChI is InChI=1S/C14H12N4O3/c1-21-14(20)10-3-4-12(18-8-2-7-16-18)11(9-10)17-13(19)5-6-15/h2-4,7-9H,5H2,1H3,(H,17,19). The van der Waals surface area contributed by atoms with Gasteiger partial charge in [-0.25, -0.2) is 9.48 Å². The third kappa shape index (κ3) is 3.25. The van der Waals surface area contributed by atoms with Crippen LogP contribution in [0.25, 0.3) is 5.69 Å². The van der Waals surface area contributed by atoms with Crippen molar-refractivity contribution in [3.63, 3.8) is 0 Å². The van der Waals surface area contributed by atoms with Gasteiger partial charge in [-0.15, -0.1) is 0 Å². The van der Waals surface area contributed by atoms with Gasteiger partial charge in [0, 0.05) is 12.4 Å². The zero-order chi connectivity index (χ0) is 15.2. The second-order valence-electron chi connectivity index (χ2n) is 4.06. The molecule has 0 radical (unpaired) electrons. The Morgan fingerprint density at radius 2 is 2.29 bits per heavy atom. The lowest BCUT2D eigenvalue weighted by Gasteiger charge is -2.12. The fraction of sp³-hybridized carbons (Fsp3) is 0.143. The molecule has 21 heavy (non-hydrogen) atoms. The van der Waals surface area contributed by atoms with Gasteiger partial charge < -0.3 is 10.1 Å². The Morgan fingerprint density at radius 3 is 2.90 bits per heavy atom. The largest absolute Gasteiger partial charge is 0.465 e. The summed E-state index contributed by atoms with van der Waals surface area (Å²) in [6.07, 6.45) is 3.02. The number of nitriles is 1. The summed E-state index contributed by atoms with van der Waals surface area (Å²) < 4.78 is 6.19. The van der Waals surface area contributed by atoms with E-state index in [0.29, 0.717) is 16.9 Å². The summed E-state index contributed by atoms with van der Waals surface area (Å²) in [5.74, 6) is -0.981. The molecule has 0 saturated carbocycles. The first-order valence-electron chi connectivity index (χ1n) is 6.05. The molecule has 2 rings (SSSR count). The van der Waals surface area contributed by atoms with Crippen LogP contribution < -0.4 is 5.32 Å². The van der Waals surface area contributed by atoms with Gasteiger partial charge >= 0.3 is 5.97 Å². The van der Waals surface area contributed by atoms with Crippen molar-refractivity contribution in [3.8, 4) is 11.8 Å². The maximum atomic E-state index is 11.6. The smallest absolute Gasteiger partial charge is 0.337 e. The van der Waals surface area contributed by atoms with Gasteiger partial charge in [-0.2, -0.15) is 10.4 Å². The van der Waals surface area contributed by atoms with Crippen molar-refractivity contribution in [2.75, 3.05) is 12.4 Å². The van der Waals surface area contributed by atoms with E-state index in [9.17, 15) is 9.59 Å². The van der Waals surface area contributed by atoms with E-state index in [4.69, 9.17) is 5.26 Å². The molecule has 0 fully saturated rings. The first-order valence-corrected chi connectivity index (χ1v) is 6.05. The summed E-state index contributed by atoms with van der Waals surface area (Å²) in [5.41, 5.74) is 1.25. The third-order valence-electron chi connectivity index (χ3n) is 2.68. The number of benzene rings is 1. The molecule has 1 amide bonds. The predicted octanol–water partition coefficient (Wildman–Crippen LogP) is 1.51. The number of carbonyl (C=O) groups is 2. The van der Waals surface area contributed by atoms with Crippen molar-refractivity contribution in [3.05, 3.63) is 42.2 Å². The van der Waals surface area contributed by atoms with E-state index in [1.165, 1.54) is 13.2 Å². The number of carbonyl (C=O) groups excluding carboxylic acids is 2. The number of amides is 1. The molecule has 7 heteroatoms. The minimum atomic E-state index is -0.516. The summed E-state index contributed by atoms with van der Waals surface area (Å²) in [6, 6.07) is 8.19. The topological polar surface area (TPSA) is 97.0 Å². The molecule has 0 spiro atoms. The Labute approximate surface area is 120 Å². The first-order chi connectivity index (χ1) is 10.2. The van der Waals surface area contributed by atoms with Gasteiger partial charge in [0.25, 0.3) is 0 Å². The molecule has 1 aromatic heterocycles.